The summed E-state index contributed by atoms with van der Waals surface area (Å²) in [4.78, 5) is 0.438. The average Bonchev–Trinajstić information content (AvgIpc) is 1.85. The molecule has 11 heavy (non-hydrogen) atoms. The molecule has 0 amide bonds. The molecule has 0 unspecified atom stereocenters. The van der Waals surface area contributed by atoms with Crippen molar-refractivity contribution in [3.8, 4) is 0 Å². The number of hydrogen-bond donors (Lipinski definition) is 0. The van der Waals surface area contributed by atoms with Crippen LogP contribution in [0.25, 0.3) is 0 Å². The molecular formula is C7H4ClF2S. The van der Waals surface area contributed by atoms with E-state index in [1.807, 2.05) is 0 Å². The Morgan fingerprint density at radius 2 is 2.18 bits per heavy atom. The maximum atomic E-state index is 11.8. The molecule has 0 saturated carbocycles. The molecule has 1 aromatic carbocycles. The molecule has 0 aliphatic rings. The normalized spacial score (nSPS) is 10.5. The van der Waals surface area contributed by atoms with Gasteiger partial charge in [-0.1, -0.05) is 23.4 Å². The van der Waals surface area contributed by atoms with E-state index >= 15 is 0 Å². The van der Waals surface area contributed by atoms with Crippen LogP contribution in [0.3, 0.4) is 0 Å². The van der Waals surface area contributed by atoms with Crippen LogP contribution in [-0.4, -0.2) is 5.76 Å². The summed E-state index contributed by atoms with van der Waals surface area (Å²) in [7, 11) is 0. The van der Waals surface area contributed by atoms with E-state index < -0.39 is 5.76 Å². The van der Waals surface area contributed by atoms with Gasteiger partial charge in [-0.25, -0.2) is 0 Å². The van der Waals surface area contributed by atoms with E-state index in [4.69, 9.17) is 11.6 Å². The number of benzene rings is 1. The maximum absolute atomic E-state index is 11.8. The molecule has 1 radical (unpaired) electrons. The van der Waals surface area contributed by atoms with Crippen molar-refractivity contribution in [3.05, 3.63) is 29.3 Å². The molecule has 1 rings (SSSR count). The van der Waals surface area contributed by atoms with Gasteiger partial charge in [-0.3, -0.25) is 0 Å². The predicted octanol–water partition coefficient (Wildman–Crippen LogP) is 3.45. The van der Waals surface area contributed by atoms with Crippen molar-refractivity contribution in [1.29, 1.82) is 0 Å². The Bertz CT molecular complexity index is 240. The highest BCUT2D eigenvalue weighted by Gasteiger charge is 2.04. The fourth-order valence-electron chi connectivity index (χ4n) is 0.594. The second kappa shape index (κ2) is 3.93. The van der Waals surface area contributed by atoms with Gasteiger partial charge < -0.3 is 0 Å². The molecule has 59 valence electrons. The average molecular weight is 194 g/mol. The molecule has 0 spiro atoms. The molecule has 0 N–H and O–H groups in total. The Kier molecular flexibility index (Phi) is 3.15. The first-order valence-electron chi connectivity index (χ1n) is 2.80. The van der Waals surface area contributed by atoms with Crippen LogP contribution in [0.1, 0.15) is 0 Å². The number of alkyl halides is 2. The summed E-state index contributed by atoms with van der Waals surface area (Å²) >= 11 is 6.00. The number of thioether (sulfide) groups is 1. The van der Waals surface area contributed by atoms with Crippen LogP contribution in [-0.2, 0) is 0 Å². The molecule has 0 nitrogen and oxygen atoms in total. The first-order valence-corrected chi connectivity index (χ1v) is 4.05. The minimum atomic E-state index is -2.40. The van der Waals surface area contributed by atoms with Crippen LogP contribution < -0.4 is 0 Å². The lowest BCUT2D eigenvalue weighted by molar-refractivity contribution is 0.252. The van der Waals surface area contributed by atoms with Gasteiger partial charge in [0.05, 0.1) is 0 Å². The number of halogens is 3. The predicted molar refractivity (Wildman–Crippen MR) is 42.1 cm³/mol. The van der Waals surface area contributed by atoms with Gasteiger partial charge in [0.1, 0.15) is 0 Å². The summed E-state index contributed by atoms with van der Waals surface area (Å²) in [6.45, 7) is 0. The second-order valence-corrected chi connectivity index (χ2v) is 3.27. The van der Waals surface area contributed by atoms with Gasteiger partial charge in [0, 0.05) is 9.92 Å². The Labute approximate surface area is 72.6 Å². The van der Waals surface area contributed by atoms with Gasteiger partial charge in [-0.2, -0.15) is 8.78 Å². The molecule has 0 aliphatic carbocycles. The van der Waals surface area contributed by atoms with Crippen molar-refractivity contribution >= 4 is 23.4 Å². The van der Waals surface area contributed by atoms with Crippen LogP contribution in [0.4, 0.5) is 8.78 Å². The SMILES string of the molecule is FC(F)Sc1c[c]cc(Cl)c1. The molecule has 0 bridgehead atoms. The van der Waals surface area contributed by atoms with Gasteiger partial charge >= 0.3 is 0 Å². The van der Waals surface area contributed by atoms with Crippen LogP contribution in [0, 0.1) is 6.07 Å². The van der Waals surface area contributed by atoms with Crippen molar-refractivity contribution in [2.45, 2.75) is 10.7 Å². The van der Waals surface area contributed by atoms with E-state index in [0.717, 1.165) is 0 Å². The number of hydrogen-bond acceptors (Lipinski definition) is 1. The van der Waals surface area contributed by atoms with E-state index in [0.29, 0.717) is 21.7 Å². The topological polar surface area (TPSA) is 0 Å². The van der Waals surface area contributed by atoms with Gasteiger partial charge in [0.15, 0.2) is 0 Å². The lowest BCUT2D eigenvalue weighted by atomic mass is 10.4. The van der Waals surface area contributed by atoms with Gasteiger partial charge in [0.2, 0.25) is 0 Å². The fourth-order valence-corrected chi connectivity index (χ4v) is 1.38. The first kappa shape index (κ1) is 8.81. The molecular weight excluding hydrogens is 190 g/mol. The summed E-state index contributed by atoms with van der Waals surface area (Å²) in [5, 5.41) is 0.427. The third-order valence-corrected chi connectivity index (χ3v) is 1.86. The molecule has 0 fully saturated rings. The third kappa shape index (κ3) is 3.08. The van der Waals surface area contributed by atoms with Gasteiger partial charge in [0.25, 0.3) is 5.76 Å². The van der Waals surface area contributed by atoms with Crippen LogP contribution >= 0.6 is 23.4 Å². The minimum Gasteiger partial charge on any atom is -0.198 e. The van der Waals surface area contributed by atoms with Crippen molar-refractivity contribution in [2.24, 2.45) is 0 Å². The summed E-state index contributed by atoms with van der Waals surface area (Å²) in [6.07, 6.45) is 0. The number of rotatable bonds is 2. The Morgan fingerprint density at radius 3 is 2.73 bits per heavy atom. The third-order valence-electron chi connectivity index (χ3n) is 0.952. The summed E-state index contributed by atoms with van der Waals surface area (Å²) in [5.41, 5.74) is 0. The van der Waals surface area contributed by atoms with Gasteiger partial charge in [-0.05, 0) is 24.3 Å². The van der Waals surface area contributed by atoms with E-state index in [-0.39, 0.29) is 0 Å². The summed E-state index contributed by atoms with van der Waals surface area (Å²) in [5.74, 6) is -2.40. The zero-order valence-electron chi connectivity index (χ0n) is 5.35. The summed E-state index contributed by atoms with van der Waals surface area (Å²) in [6, 6.07) is 7.13. The molecule has 4 heteroatoms. The highest BCUT2D eigenvalue weighted by molar-refractivity contribution is 7.99. The van der Waals surface area contributed by atoms with Crippen molar-refractivity contribution < 1.29 is 8.78 Å². The van der Waals surface area contributed by atoms with Crippen LogP contribution in [0.2, 0.25) is 5.02 Å². The quantitative estimate of drug-likeness (QED) is 0.649. The lowest BCUT2D eigenvalue weighted by Gasteiger charge is -1.98. The second-order valence-electron chi connectivity index (χ2n) is 1.77. The maximum Gasteiger partial charge on any atom is 0.288 e. The molecule has 1 aromatic rings. The lowest BCUT2D eigenvalue weighted by Crippen LogP contribution is -1.80. The van der Waals surface area contributed by atoms with E-state index in [1.54, 1.807) is 0 Å². The fraction of sp³-hybridized carbons (Fsp3) is 0.143. The van der Waals surface area contributed by atoms with Crippen molar-refractivity contribution in [2.75, 3.05) is 0 Å². The standard InChI is InChI=1S/C7H4ClF2S/c8-5-2-1-3-6(4-5)11-7(9)10/h2-4,7H. The Morgan fingerprint density at radius 1 is 1.45 bits per heavy atom. The van der Waals surface area contributed by atoms with Crippen LogP contribution in [0.15, 0.2) is 23.1 Å². The Balaban J connectivity index is 2.71. The van der Waals surface area contributed by atoms with Crippen LogP contribution in [0.5, 0.6) is 0 Å². The highest BCUT2D eigenvalue weighted by atomic mass is 35.5. The molecule has 0 saturated heterocycles. The molecule has 0 atom stereocenters. The van der Waals surface area contributed by atoms with E-state index in [9.17, 15) is 8.78 Å². The zero-order valence-corrected chi connectivity index (χ0v) is 6.92. The van der Waals surface area contributed by atoms with E-state index in [2.05, 4.69) is 6.07 Å². The first-order chi connectivity index (χ1) is 5.18. The van der Waals surface area contributed by atoms with Gasteiger partial charge in [-0.15, -0.1) is 0 Å². The minimum absolute atomic E-state index is 0.427. The molecule has 0 aliphatic heterocycles. The molecule has 0 heterocycles. The van der Waals surface area contributed by atoms with E-state index in [1.165, 1.54) is 18.2 Å². The highest BCUT2D eigenvalue weighted by Crippen LogP contribution is 2.26. The smallest absolute Gasteiger partial charge is 0.198 e. The largest absolute Gasteiger partial charge is 0.288 e. The monoisotopic (exact) mass is 193 g/mol. The van der Waals surface area contributed by atoms with Crippen molar-refractivity contribution in [3.63, 3.8) is 0 Å². The van der Waals surface area contributed by atoms with Crippen molar-refractivity contribution in [1.82, 2.24) is 0 Å². The Hall–Kier alpha value is -0.280. The zero-order chi connectivity index (χ0) is 8.27. The molecule has 0 aromatic heterocycles. The summed E-state index contributed by atoms with van der Waals surface area (Å²) < 4.78 is 23.5.